The molecule has 0 aromatic rings. The first-order valence-electron chi connectivity index (χ1n) is 4.91. The molecule has 0 bridgehead atoms. The summed E-state index contributed by atoms with van der Waals surface area (Å²) >= 11 is 1.97. The predicted molar refractivity (Wildman–Crippen MR) is 65.5 cm³/mol. The van der Waals surface area contributed by atoms with Gasteiger partial charge in [0.15, 0.2) is 0 Å². The summed E-state index contributed by atoms with van der Waals surface area (Å²) in [5.74, 6) is 0.221. The third kappa shape index (κ3) is 3.94. The Morgan fingerprint density at radius 1 is 1.27 bits per heavy atom. The summed E-state index contributed by atoms with van der Waals surface area (Å²) in [6, 6.07) is 0. The van der Waals surface area contributed by atoms with Crippen molar-refractivity contribution in [1.29, 1.82) is 0 Å². The van der Waals surface area contributed by atoms with E-state index in [1.807, 2.05) is 27.8 Å². The van der Waals surface area contributed by atoms with Gasteiger partial charge in [0.1, 0.15) is 0 Å². The molecular weight excluding hydrogens is 309 g/mol. The number of likely N-dealkylation sites (N-methyl/N-ethyl adjacent to an activating group) is 1. The second-order valence-corrected chi connectivity index (χ2v) is 5.10. The van der Waals surface area contributed by atoms with Gasteiger partial charge in [-0.05, 0) is 0 Å². The Balaban J connectivity index is 2.32. The number of carbonyl (C=O) groups is 2. The molecule has 1 heterocycles. The van der Waals surface area contributed by atoms with Crippen LogP contribution in [-0.2, 0) is 9.59 Å². The molecule has 1 aliphatic rings. The molecule has 5 nitrogen and oxygen atoms in total. The largest absolute Gasteiger partial charge is 0.340 e. The van der Waals surface area contributed by atoms with E-state index in [1.165, 1.54) is 0 Å². The Labute approximate surface area is 104 Å². The van der Waals surface area contributed by atoms with Crippen LogP contribution in [-0.4, -0.2) is 64.5 Å². The van der Waals surface area contributed by atoms with Crippen LogP contribution in [0.15, 0.2) is 0 Å². The Morgan fingerprint density at radius 3 is 2.20 bits per heavy atom. The summed E-state index contributed by atoms with van der Waals surface area (Å²) in [5.41, 5.74) is 0. The Kier molecular flexibility index (Phi) is 4.78. The highest BCUT2D eigenvalue weighted by molar-refractivity contribution is 14.1. The summed E-state index contributed by atoms with van der Waals surface area (Å²) in [6.45, 7) is 5.07. The third-order valence-corrected chi connectivity index (χ3v) is 3.06. The van der Waals surface area contributed by atoms with Gasteiger partial charge in [0, 0.05) is 40.2 Å². The van der Waals surface area contributed by atoms with Gasteiger partial charge in [0.2, 0.25) is 11.8 Å². The number of hydrogen-bond acceptors (Lipinski definition) is 3. The molecule has 0 radical (unpaired) electrons. The van der Waals surface area contributed by atoms with E-state index in [4.69, 9.17) is 0 Å². The van der Waals surface area contributed by atoms with E-state index in [0.29, 0.717) is 6.54 Å². The average Bonchev–Trinajstić information content (AvgIpc) is 2.18. The maximum atomic E-state index is 11.4. The van der Waals surface area contributed by atoms with E-state index in [9.17, 15) is 9.59 Å². The van der Waals surface area contributed by atoms with Gasteiger partial charge in [-0.25, -0.2) is 0 Å². The highest BCUT2D eigenvalue weighted by Crippen LogP contribution is 2.03. The molecule has 1 rings (SSSR count). The maximum absolute atomic E-state index is 11.4. The van der Waals surface area contributed by atoms with Crippen molar-refractivity contribution < 1.29 is 9.59 Å². The highest BCUT2D eigenvalue weighted by Gasteiger charge is 2.20. The fourth-order valence-electron chi connectivity index (χ4n) is 1.51. The zero-order valence-electron chi connectivity index (χ0n) is 9.07. The summed E-state index contributed by atoms with van der Waals surface area (Å²) in [6.07, 6.45) is 0. The minimum Gasteiger partial charge on any atom is -0.340 e. The lowest BCUT2D eigenvalue weighted by molar-refractivity contribution is -0.131. The molecule has 6 heteroatoms. The molecular formula is C9H16IN3O2. The molecule has 2 amide bonds. The van der Waals surface area contributed by atoms with Crippen LogP contribution in [0.3, 0.4) is 0 Å². The zero-order chi connectivity index (χ0) is 11.4. The van der Waals surface area contributed by atoms with Gasteiger partial charge in [-0.15, -0.1) is 0 Å². The lowest BCUT2D eigenvalue weighted by atomic mass is 10.3. The monoisotopic (exact) mass is 325 g/mol. The number of rotatable bonds is 2. The van der Waals surface area contributed by atoms with Crippen LogP contribution in [0.2, 0.25) is 0 Å². The fourth-order valence-corrected chi connectivity index (χ4v) is 1.66. The van der Waals surface area contributed by atoms with Crippen LogP contribution in [0, 0.1) is 0 Å². The van der Waals surface area contributed by atoms with E-state index >= 15 is 0 Å². The average molecular weight is 325 g/mol. The Bertz CT molecular complexity index is 250. The first kappa shape index (κ1) is 12.7. The number of halogens is 1. The van der Waals surface area contributed by atoms with Gasteiger partial charge < -0.3 is 4.90 Å². The number of hydrogen-bond donors (Lipinski definition) is 0. The van der Waals surface area contributed by atoms with E-state index in [1.54, 1.807) is 17.1 Å². The molecule has 0 aromatic heterocycles. The normalized spacial score (nSPS) is 17.7. The van der Waals surface area contributed by atoms with Crippen LogP contribution in [0.5, 0.6) is 0 Å². The van der Waals surface area contributed by atoms with Crippen molar-refractivity contribution in [2.24, 2.45) is 0 Å². The van der Waals surface area contributed by atoms with Gasteiger partial charge in [-0.3, -0.25) is 17.6 Å². The topological polar surface area (TPSA) is 43.9 Å². The molecule has 0 N–H and O–H groups in total. The molecule has 0 saturated carbocycles. The summed E-state index contributed by atoms with van der Waals surface area (Å²) < 4.78 is 1.56. The molecule has 1 saturated heterocycles. The van der Waals surface area contributed by atoms with Crippen LogP contribution >= 0.6 is 22.9 Å². The quantitative estimate of drug-likeness (QED) is 0.529. The molecule has 0 unspecified atom stereocenters. The first-order chi connectivity index (χ1) is 7.00. The minimum absolute atomic E-state index is 0.104. The molecule has 15 heavy (non-hydrogen) atoms. The van der Waals surface area contributed by atoms with Crippen molar-refractivity contribution in [2.45, 2.75) is 6.92 Å². The number of nitrogens with zero attached hydrogens (tertiary/aromatic N) is 3. The molecule has 1 fully saturated rings. The van der Waals surface area contributed by atoms with Crippen molar-refractivity contribution in [3.05, 3.63) is 0 Å². The van der Waals surface area contributed by atoms with Gasteiger partial charge in [0.05, 0.1) is 29.4 Å². The number of amides is 2. The van der Waals surface area contributed by atoms with Gasteiger partial charge in [0.25, 0.3) is 0 Å². The molecule has 1 aliphatic heterocycles. The summed E-state index contributed by atoms with van der Waals surface area (Å²) in [4.78, 5) is 26.4. The second-order valence-electron chi connectivity index (χ2n) is 3.65. The van der Waals surface area contributed by atoms with Crippen LogP contribution in [0.25, 0.3) is 0 Å². The van der Waals surface area contributed by atoms with Gasteiger partial charge in [-0.1, -0.05) is 0 Å². The van der Waals surface area contributed by atoms with E-state index in [2.05, 4.69) is 4.90 Å². The summed E-state index contributed by atoms with van der Waals surface area (Å²) in [7, 11) is 1.74. The lowest BCUT2D eigenvalue weighted by Gasteiger charge is -2.33. The maximum Gasteiger partial charge on any atom is 0.245 e. The van der Waals surface area contributed by atoms with Crippen LogP contribution < -0.4 is 0 Å². The Morgan fingerprint density at radius 2 is 1.80 bits per heavy atom. The first-order valence-corrected chi connectivity index (χ1v) is 5.87. The molecule has 0 spiro atoms. The van der Waals surface area contributed by atoms with E-state index in [0.717, 1.165) is 26.2 Å². The van der Waals surface area contributed by atoms with E-state index < -0.39 is 0 Å². The smallest absolute Gasteiger partial charge is 0.245 e. The number of piperazine rings is 1. The molecule has 0 atom stereocenters. The van der Waals surface area contributed by atoms with Crippen molar-refractivity contribution in [2.75, 3.05) is 39.8 Å². The SMILES string of the molecule is CC(=O)N1CCN(CC(=O)N(C)I)CC1. The minimum atomic E-state index is 0.104. The van der Waals surface area contributed by atoms with E-state index in [-0.39, 0.29) is 11.8 Å². The van der Waals surface area contributed by atoms with Gasteiger partial charge >= 0.3 is 0 Å². The van der Waals surface area contributed by atoms with Crippen molar-refractivity contribution >= 4 is 34.7 Å². The second kappa shape index (κ2) is 5.64. The Hall–Kier alpha value is -0.370. The lowest BCUT2D eigenvalue weighted by Crippen LogP contribution is -2.50. The van der Waals surface area contributed by atoms with Crippen molar-refractivity contribution in [3.8, 4) is 0 Å². The molecule has 0 aromatic carbocycles. The van der Waals surface area contributed by atoms with Crippen LogP contribution in [0.4, 0.5) is 0 Å². The molecule has 86 valence electrons. The summed E-state index contributed by atoms with van der Waals surface area (Å²) in [5, 5.41) is 0. The van der Waals surface area contributed by atoms with Crippen molar-refractivity contribution in [1.82, 2.24) is 12.9 Å². The fraction of sp³-hybridized carbons (Fsp3) is 0.778. The van der Waals surface area contributed by atoms with Gasteiger partial charge in [-0.2, -0.15) is 0 Å². The zero-order valence-corrected chi connectivity index (χ0v) is 11.2. The third-order valence-electron chi connectivity index (χ3n) is 2.52. The number of carbonyl (C=O) groups excluding carboxylic acids is 2. The highest BCUT2D eigenvalue weighted by atomic mass is 127. The predicted octanol–water partition coefficient (Wildman–Crippen LogP) is -0.0411. The van der Waals surface area contributed by atoms with Crippen LogP contribution in [0.1, 0.15) is 6.92 Å². The van der Waals surface area contributed by atoms with Crippen molar-refractivity contribution in [3.63, 3.8) is 0 Å². The standard InChI is InChI=1S/C9H16IN3O2/c1-8(14)13-5-3-12(4-6-13)7-9(15)11(2)10/h3-7H2,1-2H3. The molecule has 0 aliphatic carbocycles.